The van der Waals surface area contributed by atoms with Gasteiger partial charge in [-0.2, -0.15) is 5.26 Å². The number of benzene rings is 1. The Morgan fingerprint density at radius 2 is 2.25 bits per heavy atom. The molecule has 1 unspecified atom stereocenters. The molecule has 1 fully saturated rings. The van der Waals surface area contributed by atoms with Crippen LogP contribution in [0, 0.1) is 17.2 Å². The van der Waals surface area contributed by atoms with Crippen molar-refractivity contribution in [1.82, 2.24) is 10.0 Å². The van der Waals surface area contributed by atoms with Crippen LogP contribution in [0.1, 0.15) is 17.5 Å². The number of hydrogen-bond acceptors (Lipinski definition) is 4. The number of nitrogens with one attached hydrogen (secondary N) is 2. The number of hydrogen-bond donors (Lipinski definition) is 2. The van der Waals surface area contributed by atoms with Gasteiger partial charge >= 0.3 is 0 Å². The number of nitrogens with zero attached hydrogens (tertiary/aromatic N) is 1. The van der Waals surface area contributed by atoms with Crippen molar-refractivity contribution in [1.29, 1.82) is 5.26 Å². The zero-order valence-electron chi connectivity index (χ0n) is 11.0. The van der Waals surface area contributed by atoms with Crippen molar-refractivity contribution in [3.63, 3.8) is 0 Å². The fourth-order valence-corrected chi connectivity index (χ4v) is 3.34. The van der Waals surface area contributed by atoms with Gasteiger partial charge in [-0.25, -0.2) is 13.1 Å². The molecule has 1 aromatic carbocycles. The standard InChI is InChI=1S/C13H17N3O2S.ClH/c14-7-11-2-1-3-12(6-11)10-19(17,18)16-9-13-4-5-15-8-13;/h1-3,6,13,15-16H,4-5,8-10H2;1H. The average Bonchev–Trinajstić information content (AvgIpc) is 2.89. The largest absolute Gasteiger partial charge is 0.316 e. The van der Waals surface area contributed by atoms with Crippen LogP contribution in [-0.4, -0.2) is 28.1 Å². The van der Waals surface area contributed by atoms with Crippen molar-refractivity contribution < 1.29 is 8.42 Å². The summed E-state index contributed by atoms with van der Waals surface area (Å²) in [6, 6.07) is 8.69. The highest BCUT2D eigenvalue weighted by molar-refractivity contribution is 7.88. The molecule has 0 spiro atoms. The summed E-state index contributed by atoms with van der Waals surface area (Å²) in [6.07, 6.45) is 1.01. The normalized spacial score (nSPS) is 18.2. The van der Waals surface area contributed by atoms with Crippen molar-refractivity contribution in [2.45, 2.75) is 12.2 Å². The molecule has 0 aliphatic carbocycles. The van der Waals surface area contributed by atoms with Crippen LogP contribution in [0.3, 0.4) is 0 Å². The molecule has 2 rings (SSSR count). The molecule has 0 saturated carbocycles. The molecule has 0 amide bonds. The van der Waals surface area contributed by atoms with E-state index in [0.29, 0.717) is 23.6 Å². The predicted octanol–water partition coefficient (Wildman–Crippen LogP) is 1.01. The number of halogens is 1. The van der Waals surface area contributed by atoms with Crippen molar-refractivity contribution in [3.05, 3.63) is 35.4 Å². The summed E-state index contributed by atoms with van der Waals surface area (Å²) in [6.45, 7) is 2.30. The quantitative estimate of drug-likeness (QED) is 0.849. The number of rotatable bonds is 5. The van der Waals surface area contributed by atoms with Crippen LogP contribution in [0.15, 0.2) is 24.3 Å². The summed E-state index contributed by atoms with van der Waals surface area (Å²) >= 11 is 0. The van der Waals surface area contributed by atoms with Gasteiger partial charge in [-0.05, 0) is 43.1 Å². The third-order valence-corrected chi connectivity index (χ3v) is 4.49. The molecule has 20 heavy (non-hydrogen) atoms. The Kier molecular flexibility index (Phi) is 6.43. The van der Waals surface area contributed by atoms with Gasteiger partial charge in [-0.3, -0.25) is 0 Å². The van der Waals surface area contributed by atoms with Crippen LogP contribution in [0.4, 0.5) is 0 Å². The van der Waals surface area contributed by atoms with E-state index in [1.54, 1.807) is 24.3 Å². The molecular weight excluding hydrogens is 298 g/mol. The summed E-state index contributed by atoms with van der Waals surface area (Å²) in [5.41, 5.74) is 1.11. The van der Waals surface area contributed by atoms with E-state index >= 15 is 0 Å². The summed E-state index contributed by atoms with van der Waals surface area (Å²) in [5, 5.41) is 12.0. The van der Waals surface area contributed by atoms with E-state index in [2.05, 4.69) is 10.0 Å². The van der Waals surface area contributed by atoms with E-state index in [9.17, 15) is 8.42 Å². The Morgan fingerprint density at radius 1 is 1.45 bits per heavy atom. The molecule has 1 heterocycles. The zero-order chi connectivity index (χ0) is 13.7. The van der Waals surface area contributed by atoms with Gasteiger partial charge in [0.15, 0.2) is 0 Å². The second-order valence-corrected chi connectivity index (χ2v) is 6.59. The Morgan fingerprint density at radius 3 is 2.90 bits per heavy atom. The van der Waals surface area contributed by atoms with Gasteiger partial charge in [0.1, 0.15) is 0 Å². The first-order chi connectivity index (χ1) is 9.09. The van der Waals surface area contributed by atoms with Gasteiger partial charge in [-0.1, -0.05) is 12.1 Å². The van der Waals surface area contributed by atoms with Crippen molar-refractivity contribution in [3.8, 4) is 6.07 Å². The van der Waals surface area contributed by atoms with Crippen molar-refractivity contribution >= 4 is 22.4 Å². The minimum Gasteiger partial charge on any atom is -0.316 e. The maximum Gasteiger partial charge on any atom is 0.215 e. The molecule has 1 aliphatic rings. The van der Waals surface area contributed by atoms with Gasteiger partial charge in [-0.15, -0.1) is 12.4 Å². The third-order valence-electron chi connectivity index (χ3n) is 3.17. The van der Waals surface area contributed by atoms with Gasteiger partial charge in [0.05, 0.1) is 17.4 Å². The summed E-state index contributed by atoms with van der Waals surface area (Å²) < 4.78 is 26.5. The molecular formula is C13H18ClN3O2S. The van der Waals surface area contributed by atoms with Crippen LogP contribution in [0.25, 0.3) is 0 Å². The molecule has 7 heteroatoms. The molecule has 1 atom stereocenters. The van der Waals surface area contributed by atoms with Crippen molar-refractivity contribution in [2.24, 2.45) is 5.92 Å². The van der Waals surface area contributed by atoms with Gasteiger partial charge in [0.25, 0.3) is 0 Å². The van der Waals surface area contributed by atoms with E-state index in [-0.39, 0.29) is 18.2 Å². The van der Waals surface area contributed by atoms with Crippen LogP contribution < -0.4 is 10.0 Å². The molecule has 1 aromatic rings. The lowest BCUT2D eigenvalue weighted by molar-refractivity contribution is 0.538. The van der Waals surface area contributed by atoms with E-state index in [4.69, 9.17) is 5.26 Å². The van der Waals surface area contributed by atoms with Crippen LogP contribution in [0.5, 0.6) is 0 Å². The topological polar surface area (TPSA) is 82.0 Å². The highest BCUT2D eigenvalue weighted by Crippen LogP contribution is 2.10. The van der Waals surface area contributed by atoms with Crippen LogP contribution in [0.2, 0.25) is 0 Å². The molecule has 0 bridgehead atoms. The first kappa shape index (κ1) is 16.9. The molecule has 1 saturated heterocycles. The minimum absolute atomic E-state index is 0. The van der Waals surface area contributed by atoms with Crippen LogP contribution in [-0.2, 0) is 15.8 Å². The Bertz CT molecular complexity index is 578. The van der Waals surface area contributed by atoms with E-state index < -0.39 is 10.0 Å². The second kappa shape index (κ2) is 7.60. The number of sulfonamides is 1. The average molecular weight is 316 g/mol. The molecule has 0 aromatic heterocycles. The van der Waals surface area contributed by atoms with Gasteiger partial charge < -0.3 is 5.32 Å². The van der Waals surface area contributed by atoms with E-state index in [0.717, 1.165) is 19.5 Å². The Balaban J connectivity index is 0.00000200. The lowest BCUT2D eigenvalue weighted by Gasteiger charge is -2.10. The maximum atomic E-state index is 11.9. The molecule has 2 N–H and O–H groups in total. The predicted molar refractivity (Wildman–Crippen MR) is 80.0 cm³/mol. The minimum atomic E-state index is -3.33. The molecule has 0 radical (unpaired) electrons. The smallest absolute Gasteiger partial charge is 0.215 e. The van der Waals surface area contributed by atoms with E-state index in [1.165, 1.54) is 0 Å². The van der Waals surface area contributed by atoms with Gasteiger partial charge in [0, 0.05) is 6.54 Å². The van der Waals surface area contributed by atoms with E-state index in [1.807, 2.05) is 6.07 Å². The number of nitriles is 1. The summed E-state index contributed by atoms with van der Waals surface area (Å²) in [4.78, 5) is 0. The SMILES string of the molecule is Cl.N#Cc1cccc(CS(=O)(=O)NCC2CCNC2)c1. The van der Waals surface area contributed by atoms with Crippen LogP contribution >= 0.6 is 12.4 Å². The fraction of sp³-hybridized carbons (Fsp3) is 0.462. The first-order valence-corrected chi connectivity index (χ1v) is 7.91. The van der Waals surface area contributed by atoms with Crippen molar-refractivity contribution in [2.75, 3.05) is 19.6 Å². The lowest BCUT2D eigenvalue weighted by atomic mass is 10.1. The highest BCUT2D eigenvalue weighted by atomic mass is 35.5. The molecule has 1 aliphatic heterocycles. The Hall–Kier alpha value is -1.13. The second-order valence-electron chi connectivity index (χ2n) is 4.78. The molecule has 110 valence electrons. The first-order valence-electron chi connectivity index (χ1n) is 6.26. The lowest BCUT2D eigenvalue weighted by Crippen LogP contribution is -2.31. The third kappa shape index (κ3) is 5.10. The maximum absolute atomic E-state index is 11.9. The monoisotopic (exact) mass is 315 g/mol. The fourth-order valence-electron chi connectivity index (χ4n) is 2.13. The summed E-state index contributed by atoms with van der Waals surface area (Å²) in [5.74, 6) is 0.295. The Labute approximate surface area is 125 Å². The zero-order valence-corrected chi connectivity index (χ0v) is 12.6. The summed E-state index contributed by atoms with van der Waals surface area (Å²) in [7, 11) is -3.33. The van der Waals surface area contributed by atoms with Gasteiger partial charge in [0.2, 0.25) is 10.0 Å². The highest BCUT2D eigenvalue weighted by Gasteiger charge is 2.18. The molecule has 5 nitrogen and oxygen atoms in total.